The van der Waals surface area contributed by atoms with Crippen molar-refractivity contribution in [2.75, 3.05) is 13.7 Å². The van der Waals surface area contributed by atoms with E-state index in [0.717, 1.165) is 6.42 Å². The molecular formula is C9H16O3. The molecule has 0 amide bonds. The lowest BCUT2D eigenvalue weighted by Crippen LogP contribution is -2.39. The minimum atomic E-state index is -0.662. The zero-order valence-corrected chi connectivity index (χ0v) is 7.83. The Hall–Kier alpha value is -0.540. The van der Waals surface area contributed by atoms with Gasteiger partial charge in [-0.25, -0.2) is 0 Å². The molecule has 0 bridgehead atoms. The summed E-state index contributed by atoms with van der Waals surface area (Å²) in [6.45, 7) is 4.34. The zero-order chi connectivity index (χ0) is 9.19. The van der Waals surface area contributed by atoms with Crippen molar-refractivity contribution in [3.8, 4) is 0 Å². The first-order valence-corrected chi connectivity index (χ1v) is 4.14. The Morgan fingerprint density at radius 1 is 1.67 bits per heavy atom. The van der Waals surface area contributed by atoms with Crippen LogP contribution in [0.2, 0.25) is 0 Å². The third kappa shape index (κ3) is 1.79. The van der Waals surface area contributed by atoms with Crippen LogP contribution in [0.1, 0.15) is 20.3 Å². The minimum absolute atomic E-state index is 0.573. The second kappa shape index (κ2) is 3.46. The molecule has 1 unspecified atom stereocenters. The number of hydrogen-bond acceptors (Lipinski definition) is 3. The number of rotatable bonds is 3. The predicted octanol–water partition coefficient (Wildman–Crippen LogP) is 1.08. The zero-order valence-electron chi connectivity index (χ0n) is 7.83. The molecule has 0 saturated carbocycles. The van der Waals surface area contributed by atoms with Gasteiger partial charge in [-0.15, -0.1) is 0 Å². The van der Waals surface area contributed by atoms with Crippen LogP contribution in [0.3, 0.4) is 0 Å². The maximum absolute atomic E-state index is 9.76. The maximum atomic E-state index is 9.76. The molecule has 1 heterocycles. The Morgan fingerprint density at radius 2 is 2.33 bits per heavy atom. The second-order valence-corrected chi connectivity index (χ2v) is 3.45. The summed E-state index contributed by atoms with van der Waals surface area (Å²) in [7, 11) is 1.58. The summed E-state index contributed by atoms with van der Waals surface area (Å²) >= 11 is 0. The Morgan fingerprint density at radius 3 is 2.75 bits per heavy atom. The molecule has 0 saturated heterocycles. The summed E-state index contributed by atoms with van der Waals surface area (Å²) in [4.78, 5) is 0. The maximum Gasteiger partial charge on any atom is 0.139 e. The van der Waals surface area contributed by atoms with Crippen LogP contribution >= 0.6 is 0 Å². The molecule has 70 valence electrons. The van der Waals surface area contributed by atoms with Gasteiger partial charge >= 0.3 is 0 Å². The molecule has 3 heteroatoms. The first-order chi connectivity index (χ1) is 5.58. The van der Waals surface area contributed by atoms with Crippen LogP contribution in [0.25, 0.3) is 0 Å². The molecule has 1 aliphatic heterocycles. The third-order valence-corrected chi connectivity index (χ3v) is 2.19. The monoisotopic (exact) mass is 172 g/mol. The van der Waals surface area contributed by atoms with Gasteiger partial charge in [0.05, 0.1) is 12.2 Å². The molecule has 0 radical (unpaired) electrons. The minimum Gasteiger partial charge on any atom is -0.495 e. The van der Waals surface area contributed by atoms with Gasteiger partial charge in [-0.05, 0) is 19.9 Å². The molecule has 0 fully saturated rings. The fraction of sp³-hybridized carbons (Fsp3) is 0.778. The lowest BCUT2D eigenvalue weighted by atomic mass is 10.00. The number of hydrogen-bond donors (Lipinski definition) is 1. The molecular weight excluding hydrogens is 156 g/mol. The summed E-state index contributed by atoms with van der Waals surface area (Å²) in [6, 6.07) is 0. The molecule has 1 aliphatic rings. The Kier molecular flexibility index (Phi) is 2.75. The van der Waals surface area contributed by atoms with E-state index in [4.69, 9.17) is 9.47 Å². The van der Waals surface area contributed by atoms with Crippen molar-refractivity contribution in [1.29, 1.82) is 0 Å². The van der Waals surface area contributed by atoms with Crippen LogP contribution in [0.4, 0.5) is 0 Å². The Labute approximate surface area is 73.0 Å². The molecule has 0 aromatic rings. The molecule has 0 spiro atoms. The number of ether oxygens (including phenoxy) is 2. The average molecular weight is 172 g/mol. The van der Waals surface area contributed by atoms with Gasteiger partial charge in [0.1, 0.15) is 11.9 Å². The quantitative estimate of drug-likeness (QED) is 0.692. The lowest BCUT2D eigenvalue weighted by Gasteiger charge is -2.29. The predicted molar refractivity (Wildman–Crippen MR) is 45.7 cm³/mol. The molecule has 1 N–H and O–H groups in total. The van der Waals surface area contributed by atoms with E-state index in [1.54, 1.807) is 7.11 Å². The van der Waals surface area contributed by atoms with Gasteiger partial charge in [-0.2, -0.15) is 0 Å². The van der Waals surface area contributed by atoms with Crippen LogP contribution in [0.15, 0.2) is 11.8 Å². The average Bonchev–Trinajstić information content (AvgIpc) is 2.55. The number of aliphatic hydroxyl groups is 1. The van der Waals surface area contributed by atoms with Gasteiger partial charge < -0.3 is 14.6 Å². The normalized spacial score (nSPS) is 20.2. The van der Waals surface area contributed by atoms with E-state index in [2.05, 4.69) is 0 Å². The van der Waals surface area contributed by atoms with E-state index in [1.165, 1.54) is 0 Å². The first kappa shape index (κ1) is 9.55. The fourth-order valence-corrected chi connectivity index (χ4v) is 1.08. The topological polar surface area (TPSA) is 38.7 Å². The molecule has 0 aromatic carbocycles. The van der Waals surface area contributed by atoms with Gasteiger partial charge in [0.25, 0.3) is 0 Å². The van der Waals surface area contributed by atoms with Crippen LogP contribution < -0.4 is 0 Å². The summed E-state index contributed by atoms with van der Waals surface area (Å²) in [5.41, 5.74) is -0.573. The number of methoxy groups -OCH3 is 1. The van der Waals surface area contributed by atoms with Crippen molar-refractivity contribution < 1.29 is 14.6 Å². The van der Waals surface area contributed by atoms with Crippen LogP contribution in [-0.2, 0) is 9.47 Å². The van der Waals surface area contributed by atoms with Crippen molar-refractivity contribution in [2.24, 2.45) is 0 Å². The van der Waals surface area contributed by atoms with Gasteiger partial charge in [0, 0.05) is 13.5 Å². The molecule has 0 aliphatic carbocycles. The van der Waals surface area contributed by atoms with Crippen LogP contribution in [0, 0.1) is 0 Å². The Bertz CT molecular complexity index is 184. The SMILES string of the molecule is COC(C)(C)C(O)C1=CCCO1. The largest absolute Gasteiger partial charge is 0.495 e. The van der Waals surface area contributed by atoms with E-state index >= 15 is 0 Å². The van der Waals surface area contributed by atoms with Crippen LogP contribution in [0.5, 0.6) is 0 Å². The number of aliphatic hydroxyl groups excluding tert-OH is 1. The smallest absolute Gasteiger partial charge is 0.139 e. The van der Waals surface area contributed by atoms with Gasteiger partial charge in [-0.1, -0.05) is 0 Å². The molecule has 12 heavy (non-hydrogen) atoms. The van der Waals surface area contributed by atoms with E-state index in [9.17, 15) is 5.11 Å². The van der Waals surface area contributed by atoms with Gasteiger partial charge in [0.2, 0.25) is 0 Å². The van der Waals surface area contributed by atoms with E-state index in [-0.39, 0.29) is 0 Å². The fourth-order valence-electron chi connectivity index (χ4n) is 1.08. The lowest BCUT2D eigenvalue weighted by molar-refractivity contribution is -0.0782. The summed E-state index contributed by atoms with van der Waals surface area (Å²) in [5.74, 6) is 0.641. The van der Waals surface area contributed by atoms with Gasteiger partial charge in [0.15, 0.2) is 0 Å². The molecule has 3 nitrogen and oxygen atoms in total. The third-order valence-electron chi connectivity index (χ3n) is 2.19. The van der Waals surface area contributed by atoms with E-state index in [1.807, 2.05) is 19.9 Å². The van der Waals surface area contributed by atoms with E-state index in [0.29, 0.717) is 12.4 Å². The van der Waals surface area contributed by atoms with Crippen molar-refractivity contribution >= 4 is 0 Å². The van der Waals surface area contributed by atoms with Crippen molar-refractivity contribution in [1.82, 2.24) is 0 Å². The highest BCUT2D eigenvalue weighted by Crippen LogP contribution is 2.24. The summed E-state index contributed by atoms with van der Waals surface area (Å²) in [6.07, 6.45) is 2.13. The van der Waals surface area contributed by atoms with Crippen molar-refractivity contribution in [2.45, 2.75) is 32.0 Å². The standard InChI is InChI=1S/C9H16O3/c1-9(2,11-3)8(10)7-5-4-6-12-7/h5,8,10H,4,6H2,1-3H3. The molecule has 0 aromatic heterocycles. The molecule has 1 rings (SSSR count). The second-order valence-electron chi connectivity index (χ2n) is 3.45. The highest BCUT2D eigenvalue weighted by molar-refractivity contribution is 5.09. The van der Waals surface area contributed by atoms with E-state index < -0.39 is 11.7 Å². The van der Waals surface area contributed by atoms with Gasteiger partial charge in [-0.3, -0.25) is 0 Å². The van der Waals surface area contributed by atoms with Crippen LogP contribution in [-0.4, -0.2) is 30.5 Å². The van der Waals surface area contributed by atoms with Crippen molar-refractivity contribution in [3.05, 3.63) is 11.8 Å². The summed E-state index contributed by atoms with van der Waals surface area (Å²) < 4.78 is 10.4. The summed E-state index contributed by atoms with van der Waals surface area (Å²) in [5, 5.41) is 9.76. The van der Waals surface area contributed by atoms with Crippen molar-refractivity contribution in [3.63, 3.8) is 0 Å². The first-order valence-electron chi connectivity index (χ1n) is 4.14. The molecule has 1 atom stereocenters. The Balaban J connectivity index is 2.62. The highest BCUT2D eigenvalue weighted by Gasteiger charge is 2.32. The highest BCUT2D eigenvalue weighted by atomic mass is 16.5.